The molecule has 2 atom stereocenters. The van der Waals surface area contributed by atoms with Crippen LogP contribution >= 0.6 is 0 Å². The smallest absolute Gasteiger partial charge is 0.226 e. The molecule has 130 valence electrons. The summed E-state index contributed by atoms with van der Waals surface area (Å²) in [6, 6.07) is 2.00. The highest BCUT2D eigenvalue weighted by Crippen LogP contribution is 2.22. The van der Waals surface area contributed by atoms with E-state index in [1.165, 1.54) is 0 Å². The van der Waals surface area contributed by atoms with Crippen LogP contribution in [0.25, 0.3) is 11.0 Å². The minimum absolute atomic E-state index is 0.275. The first kappa shape index (κ1) is 16.9. The summed E-state index contributed by atoms with van der Waals surface area (Å²) in [6.07, 6.45) is 0.549. The molecule has 7 heteroatoms. The number of nitrogens with zero attached hydrogens (tertiary/aromatic N) is 4. The van der Waals surface area contributed by atoms with E-state index in [0.29, 0.717) is 17.4 Å². The number of hydrogen-bond donors (Lipinski definition) is 2. The van der Waals surface area contributed by atoms with Crippen molar-refractivity contribution in [3.05, 3.63) is 17.3 Å². The van der Waals surface area contributed by atoms with Crippen molar-refractivity contribution in [3.8, 4) is 0 Å². The summed E-state index contributed by atoms with van der Waals surface area (Å²) in [6.45, 7) is 11.8. The van der Waals surface area contributed by atoms with Crippen LogP contribution < -0.4 is 11.1 Å². The first-order valence-electron chi connectivity index (χ1n) is 8.45. The quantitative estimate of drug-likeness (QED) is 0.882. The molecule has 3 rings (SSSR count). The zero-order valence-corrected chi connectivity index (χ0v) is 14.8. The second-order valence-electron chi connectivity index (χ2n) is 6.66. The topological polar surface area (TPSA) is 89.2 Å². The second-order valence-corrected chi connectivity index (χ2v) is 6.66. The minimum Gasteiger partial charge on any atom is -0.383 e. The number of nitrogen functional groups attached to an aromatic ring is 1. The zero-order valence-electron chi connectivity index (χ0n) is 14.8. The second kappa shape index (κ2) is 6.86. The zero-order chi connectivity index (χ0) is 17.3. The third kappa shape index (κ3) is 3.73. The third-order valence-electron chi connectivity index (χ3n) is 4.23. The van der Waals surface area contributed by atoms with Gasteiger partial charge in [0.05, 0.1) is 17.6 Å². The molecular formula is C17H26N6O. The Morgan fingerprint density at radius 3 is 2.62 bits per heavy atom. The summed E-state index contributed by atoms with van der Waals surface area (Å²) in [5.41, 5.74) is 8.73. The van der Waals surface area contributed by atoms with Crippen molar-refractivity contribution in [2.45, 2.75) is 39.9 Å². The lowest BCUT2D eigenvalue weighted by Gasteiger charge is -2.35. The summed E-state index contributed by atoms with van der Waals surface area (Å²) in [7, 11) is 0. The van der Waals surface area contributed by atoms with E-state index in [9.17, 15) is 0 Å². The first-order chi connectivity index (χ1) is 11.4. The molecule has 0 amide bonds. The fourth-order valence-corrected chi connectivity index (χ4v) is 3.38. The van der Waals surface area contributed by atoms with Crippen molar-refractivity contribution < 1.29 is 4.74 Å². The van der Waals surface area contributed by atoms with Gasteiger partial charge in [0.2, 0.25) is 5.95 Å². The van der Waals surface area contributed by atoms with Crippen molar-refractivity contribution in [1.82, 2.24) is 19.9 Å². The van der Waals surface area contributed by atoms with Crippen molar-refractivity contribution in [1.29, 1.82) is 0 Å². The average molecular weight is 330 g/mol. The normalized spacial score (nSPS) is 22.0. The highest BCUT2D eigenvalue weighted by Gasteiger charge is 2.21. The van der Waals surface area contributed by atoms with Crippen LogP contribution in [-0.4, -0.2) is 58.2 Å². The Morgan fingerprint density at radius 1 is 1.21 bits per heavy atom. The van der Waals surface area contributed by atoms with Crippen molar-refractivity contribution in [3.63, 3.8) is 0 Å². The molecule has 2 aromatic heterocycles. The lowest BCUT2D eigenvalue weighted by atomic mass is 10.1. The summed E-state index contributed by atoms with van der Waals surface area (Å²) in [5.74, 6) is 1.01. The van der Waals surface area contributed by atoms with E-state index in [0.717, 1.165) is 42.8 Å². The maximum Gasteiger partial charge on any atom is 0.226 e. The molecule has 0 saturated carbocycles. The van der Waals surface area contributed by atoms with Crippen molar-refractivity contribution in [2.75, 3.05) is 37.2 Å². The Morgan fingerprint density at radius 2 is 1.92 bits per heavy atom. The molecule has 0 bridgehead atoms. The summed E-state index contributed by atoms with van der Waals surface area (Å²) >= 11 is 0. The van der Waals surface area contributed by atoms with Crippen LogP contribution in [0.1, 0.15) is 25.1 Å². The number of pyridine rings is 1. The van der Waals surface area contributed by atoms with E-state index in [4.69, 9.17) is 10.5 Å². The molecule has 1 aliphatic rings. The highest BCUT2D eigenvalue weighted by molar-refractivity contribution is 5.89. The third-order valence-corrected chi connectivity index (χ3v) is 4.23. The molecule has 24 heavy (non-hydrogen) atoms. The van der Waals surface area contributed by atoms with Crippen LogP contribution in [0.3, 0.4) is 0 Å². The standard InChI is InChI=1S/C17H26N6O/c1-10-7-11(2)20-16-14(10)15(18)21-17(22-16)19-5-6-23-8-12(3)24-13(4)9-23/h7,12-13H,5-6,8-9H2,1-4H3,(H3,18,19,20,21,22). The van der Waals surface area contributed by atoms with Gasteiger partial charge in [0.25, 0.3) is 0 Å². The van der Waals surface area contributed by atoms with Crippen LogP contribution in [0, 0.1) is 13.8 Å². The molecule has 0 aliphatic carbocycles. The number of ether oxygens (including phenoxy) is 1. The van der Waals surface area contributed by atoms with E-state index in [-0.39, 0.29) is 12.2 Å². The first-order valence-corrected chi connectivity index (χ1v) is 8.45. The largest absolute Gasteiger partial charge is 0.383 e. The molecule has 7 nitrogen and oxygen atoms in total. The van der Waals surface area contributed by atoms with E-state index in [2.05, 4.69) is 39.0 Å². The maximum absolute atomic E-state index is 6.10. The molecular weight excluding hydrogens is 304 g/mol. The fraction of sp³-hybridized carbons (Fsp3) is 0.588. The Kier molecular flexibility index (Phi) is 4.82. The Hall–Kier alpha value is -1.99. The fourth-order valence-electron chi connectivity index (χ4n) is 3.38. The number of rotatable bonds is 4. The summed E-state index contributed by atoms with van der Waals surface area (Å²) in [5, 5.41) is 4.10. The molecule has 3 heterocycles. The van der Waals surface area contributed by atoms with Gasteiger partial charge in [-0.25, -0.2) is 4.98 Å². The van der Waals surface area contributed by atoms with Gasteiger partial charge in [-0.05, 0) is 39.3 Å². The lowest BCUT2D eigenvalue weighted by molar-refractivity contribution is -0.0667. The van der Waals surface area contributed by atoms with Gasteiger partial charge in [-0.2, -0.15) is 9.97 Å². The maximum atomic E-state index is 6.10. The molecule has 0 aromatic carbocycles. The van der Waals surface area contributed by atoms with Crippen molar-refractivity contribution in [2.24, 2.45) is 0 Å². The van der Waals surface area contributed by atoms with Crippen LogP contribution in [0.5, 0.6) is 0 Å². The number of fused-ring (bicyclic) bond motifs is 1. The molecule has 1 aliphatic heterocycles. The predicted molar refractivity (Wildman–Crippen MR) is 96.2 cm³/mol. The Balaban J connectivity index is 1.67. The molecule has 0 radical (unpaired) electrons. The van der Waals surface area contributed by atoms with E-state index < -0.39 is 0 Å². The van der Waals surface area contributed by atoms with E-state index >= 15 is 0 Å². The molecule has 2 unspecified atom stereocenters. The van der Waals surface area contributed by atoms with Gasteiger partial charge in [0.1, 0.15) is 5.82 Å². The highest BCUT2D eigenvalue weighted by atomic mass is 16.5. The summed E-state index contributed by atoms with van der Waals surface area (Å²) in [4.78, 5) is 15.8. The number of aryl methyl sites for hydroxylation is 2. The lowest BCUT2D eigenvalue weighted by Crippen LogP contribution is -2.46. The SMILES string of the molecule is Cc1cc(C)c2c(N)nc(NCCN3CC(C)OC(C)C3)nc2n1. The van der Waals surface area contributed by atoms with Crippen molar-refractivity contribution >= 4 is 22.8 Å². The van der Waals surface area contributed by atoms with Gasteiger partial charge >= 0.3 is 0 Å². The number of aromatic nitrogens is 3. The van der Waals surface area contributed by atoms with Crippen LogP contribution in [0.15, 0.2) is 6.07 Å². The van der Waals surface area contributed by atoms with Crippen LogP contribution in [0.2, 0.25) is 0 Å². The van der Waals surface area contributed by atoms with Gasteiger partial charge in [0.15, 0.2) is 5.65 Å². The van der Waals surface area contributed by atoms with Gasteiger partial charge in [-0.1, -0.05) is 0 Å². The monoisotopic (exact) mass is 330 g/mol. The molecule has 1 saturated heterocycles. The van der Waals surface area contributed by atoms with E-state index in [1.807, 2.05) is 19.9 Å². The van der Waals surface area contributed by atoms with Gasteiger partial charge < -0.3 is 15.8 Å². The molecule has 2 aromatic rings. The Labute approximate surface area is 142 Å². The van der Waals surface area contributed by atoms with Gasteiger partial charge in [0, 0.05) is 31.9 Å². The number of nitrogens with one attached hydrogen (secondary N) is 1. The van der Waals surface area contributed by atoms with Gasteiger partial charge in [-0.15, -0.1) is 0 Å². The van der Waals surface area contributed by atoms with Crippen LogP contribution in [-0.2, 0) is 4.74 Å². The van der Waals surface area contributed by atoms with Gasteiger partial charge in [-0.3, -0.25) is 4.90 Å². The molecule has 0 spiro atoms. The summed E-state index contributed by atoms with van der Waals surface area (Å²) < 4.78 is 5.76. The van der Waals surface area contributed by atoms with Crippen LogP contribution in [0.4, 0.5) is 11.8 Å². The average Bonchev–Trinajstić information content (AvgIpc) is 2.44. The predicted octanol–water partition coefficient (Wildman–Crippen LogP) is 1.74. The molecule has 3 N–H and O–H groups in total. The number of anilines is 2. The molecule has 1 fully saturated rings. The van der Waals surface area contributed by atoms with E-state index in [1.54, 1.807) is 0 Å². The Bertz CT molecular complexity index is 725. The number of nitrogens with two attached hydrogens (primary N) is 1. The minimum atomic E-state index is 0.275. The number of hydrogen-bond acceptors (Lipinski definition) is 7. The number of morpholine rings is 1.